The lowest BCUT2D eigenvalue weighted by Gasteiger charge is -2.38. The SMILES string of the molecule is CCOC(=O)C1=C(N)OC(C)=C(C(=O)COc2ccccc2)C12NC(=O)c1ccccc12. The number of benzene rings is 2. The summed E-state index contributed by atoms with van der Waals surface area (Å²) in [6.07, 6.45) is 0. The third-order valence-corrected chi connectivity index (χ3v) is 5.36. The second-order valence-corrected chi connectivity index (χ2v) is 7.27. The Morgan fingerprint density at radius 3 is 2.47 bits per heavy atom. The van der Waals surface area contributed by atoms with Crippen LogP contribution in [-0.4, -0.2) is 30.9 Å². The largest absolute Gasteiger partial charge is 0.485 e. The maximum Gasteiger partial charge on any atom is 0.342 e. The Morgan fingerprint density at radius 1 is 1.06 bits per heavy atom. The number of Topliss-reactive ketones (excluding diaryl/α,β-unsaturated/α-hetero) is 1. The second kappa shape index (κ2) is 8.22. The van der Waals surface area contributed by atoms with Crippen LogP contribution in [0.15, 0.2) is 77.4 Å². The van der Waals surface area contributed by atoms with Crippen molar-refractivity contribution in [2.75, 3.05) is 13.2 Å². The fraction of sp³-hybridized carbons (Fsp3) is 0.208. The van der Waals surface area contributed by atoms with Crippen molar-refractivity contribution >= 4 is 17.7 Å². The van der Waals surface area contributed by atoms with Gasteiger partial charge in [-0.05, 0) is 32.0 Å². The van der Waals surface area contributed by atoms with Crippen molar-refractivity contribution in [2.24, 2.45) is 5.73 Å². The molecule has 1 atom stereocenters. The minimum Gasteiger partial charge on any atom is -0.485 e. The number of carbonyl (C=O) groups excluding carboxylic acids is 3. The molecule has 0 bridgehead atoms. The first-order chi connectivity index (χ1) is 15.4. The smallest absolute Gasteiger partial charge is 0.342 e. The van der Waals surface area contributed by atoms with Gasteiger partial charge < -0.3 is 25.3 Å². The zero-order valence-electron chi connectivity index (χ0n) is 17.6. The quantitative estimate of drug-likeness (QED) is 0.670. The van der Waals surface area contributed by atoms with Gasteiger partial charge in [0.1, 0.15) is 22.6 Å². The van der Waals surface area contributed by atoms with E-state index in [1.165, 1.54) is 0 Å². The highest BCUT2D eigenvalue weighted by molar-refractivity contribution is 6.11. The molecule has 164 valence electrons. The summed E-state index contributed by atoms with van der Waals surface area (Å²) in [7, 11) is 0. The van der Waals surface area contributed by atoms with E-state index < -0.39 is 23.2 Å². The molecule has 1 amide bonds. The first kappa shape index (κ1) is 21.2. The molecule has 2 heterocycles. The van der Waals surface area contributed by atoms with Gasteiger partial charge in [0.2, 0.25) is 11.7 Å². The van der Waals surface area contributed by atoms with E-state index in [9.17, 15) is 14.4 Å². The molecule has 2 aliphatic heterocycles. The van der Waals surface area contributed by atoms with Crippen LogP contribution < -0.4 is 15.8 Å². The van der Waals surface area contributed by atoms with Crippen LogP contribution in [-0.2, 0) is 24.6 Å². The number of amides is 1. The molecule has 0 fully saturated rings. The molecule has 8 nitrogen and oxygen atoms in total. The number of hydrogen-bond donors (Lipinski definition) is 2. The lowest BCUT2D eigenvalue weighted by molar-refractivity contribution is -0.139. The minimum absolute atomic E-state index is 0.0592. The van der Waals surface area contributed by atoms with E-state index in [0.29, 0.717) is 16.9 Å². The number of esters is 1. The van der Waals surface area contributed by atoms with Crippen molar-refractivity contribution in [2.45, 2.75) is 19.4 Å². The van der Waals surface area contributed by atoms with E-state index in [-0.39, 0.29) is 36.0 Å². The van der Waals surface area contributed by atoms with Crippen LogP contribution in [0.2, 0.25) is 0 Å². The van der Waals surface area contributed by atoms with Crippen LogP contribution in [0, 0.1) is 0 Å². The third kappa shape index (κ3) is 3.30. The van der Waals surface area contributed by atoms with Gasteiger partial charge >= 0.3 is 5.97 Å². The highest BCUT2D eigenvalue weighted by Crippen LogP contribution is 2.48. The monoisotopic (exact) mass is 434 g/mol. The predicted octanol–water partition coefficient (Wildman–Crippen LogP) is 2.31. The number of ketones is 1. The topological polar surface area (TPSA) is 117 Å². The van der Waals surface area contributed by atoms with E-state index in [1.807, 2.05) is 6.07 Å². The minimum atomic E-state index is -1.65. The summed E-state index contributed by atoms with van der Waals surface area (Å²) >= 11 is 0. The Kier molecular flexibility index (Phi) is 5.44. The Bertz CT molecular complexity index is 1170. The highest BCUT2D eigenvalue weighted by Gasteiger charge is 2.57. The van der Waals surface area contributed by atoms with Gasteiger partial charge in [0, 0.05) is 11.1 Å². The number of allylic oxidation sites excluding steroid dienone is 1. The molecule has 1 unspecified atom stereocenters. The molecule has 1 spiro atoms. The standard InChI is InChI=1S/C24H22N2O6/c1-3-30-23(29)20-21(25)32-14(2)19(18(27)13-31-15-9-5-4-6-10-15)24(20)17-12-8-7-11-16(17)22(28)26-24/h4-12H,3,13,25H2,1-2H3,(H,26,28). The van der Waals surface area contributed by atoms with Crippen LogP contribution in [0.5, 0.6) is 5.75 Å². The summed E-state index contributed by atoms with van der Waals surface area (Å²) in [4.78, 5) is 39.3. The Morgan fingerprint density at radius 2 is 1.75 bits per heavy atom. The van der Waals surface area contributed by atoms with Gasteiger partial charge in [-0.25, -0.2) is 4.79 Å². The maximum atomic E-state index is 13.5. The molecule has 3 N–H and O–H groups in total. The lowest BCUT2D eigenvalue weighted by Crippen LogP contribution is -2.51. The molecule has 2 aromatic rings. The van der Waals surface area contributed by atoms with Gasteiger partial charge in [-0.1, -0.05) is 36.4 Å². The molecule has 0 saturated heterocycles. The molecule has 8 heteroatoms. The van der Waals surface area contributed by atoms with Gasteiger partial charge in [-0.3, -0.25) is 9.59 Å². The fourth-order valence-electron chi connectivity index (χ4n) is 4.15. The maximum absolute atomic E-state index is 13.5. The number of rotatable bonds is 6. The zero-order chi connectivity index (χ0) is 22.9. The van der Waals surface area contributed by atoms with Gasteiger partial charge in [0.05, 0.1) is 12.2 Å². The van der Waals surface area contributed by atoms with Crippen molar-refractivity contribution in [3.05, 3.63) is 88.5 Å². The van der Waals surface area contributed by atoms with Gasteiger partial charge in [-0.2, -0.15) is 0 Å². The molecule has 0 aliphatic carbocycles. The van der Waals surface area contributed by atoms with Crippen molar-refractivity contribution in [3.63, 3.8) is 0 Å². The summed E-state index contributed by atoms with van der Waals surface area (Å²) < 4.78 is 16.4. The van der Waals surface area contributed by atoms with E-state index in [0.717, 1.165) is 0 Å². The first-order valence-corrected chi connectivity index (χ1v) is 10.1. The predicted molar refractivity (Wildman–Crippen MR) is 114 cm³/mol. The van der Waals surface area contributed by atoms with Gasteiger partial charge in [0.25, 0.3) is 5.91 Å². The molecule has 0 aromatic heterocycles. The van der Waals surface area contributed by atoms with Gasteiger partial charge in [0.15, 0.2) is 6.61 Å². The number of nitrogens with one attached hydrogen (secondary N) is 1. The van der Waals surface area contributed by atoms with Crippen molar-refractivity contribution in [1.29, 1.82) is 0 Å². The molecule has 2 aromatic carbocycles. The Hall–Kier alpha value is -4.07. The number of hydrogen-bond acceptors (Lipinski definition) is 7. The molecule has 0 radical (unpaired) electrons. The van der Waals surface area contributed by atoms with Crippen LogP contribution in [0.3, 0.4) is 0 Å². The molecule has 0 saturated carbocycles. The molecular formula is C24H22N2O6. The Balaban J connectivity index is 1.85. The van der Waals surface area contributed by atoms with E-state index in [4.69, 9.17) is 19.9 Å². The zero-order valence-corrected chi connectivity index (χ0v) is 17.6. The van der Waals surface area contributed by atoms with Crippen molar-refractivity contribution in [1.82, 2.24) is 5.32 Å². The van der Waals surface area contributed by atoms with Crippen LogP contribution in [0.1, 0.15) is 29.8 Å². The Labute approximate surface area is 184 Å². The molecule has 32 heavy (non-hydrogen) atoms. The number of fused-ring (bicyclic) bond motifs is 2. The third-order valence-electron chi connectivity index (χ3n) is 5.36. The molecular weight excluding hydrogens is 412 g/mol. The lowest BCUT2D eigenvalue weighted by atomic mass is 9.74. The number of para-hydroxylation sites is 1. The molecule has 4 rings (SSSR count). The molecule has 2 aliphatic rings. The number of nitrogens with two attached hydrogens (primary N) is 1. The average Bonchev–Trinajstić information content (AvgIpc) is 3.05. The van der Waals surface area contributed by atoms with Crippen molar-refractivity contribution in [3.8, 4) is 5.75 Å². The highest BCUT2D eigenvalue weighted by atomic mass is 16.5. The number of carbonyl (C=O) groups is 3. The normalized spacial score (nSPS) is 19.4. The summed E-state index contributed by atoms with van der Waals surface area (Å²) in [6, 6.07) is 15.5. The summed E-state index contributed by atoms with van der Waals surface area (Å²) in [6.45, 7) is 2.94. The summed E-state index contributed by atoms with van der Waals surface area (Å²) in [5.74, 6) is -1.28. The first-order valence-electron chi connectivity index (χ1n) is 10.1. The van der Waals surface area contributed by atoms with E-state index in [1.54, 1.807) is 62.4 Å². The fourth-order valence-corrected chi connectivity index (χ4v) is 4.15. The van der Waals surface area contributed by atoms with E-state index in [2.05, 4.69) is 5.32 Å². The van der Waals surface area contributed by atoms with E-state index >= 15 is 0 Å². The van der Waals surface area contributed by atoms with Crippen LogP contribution in [0.25, 0.3) is 0 Å². The number of ether oxygens (including phenoxy) is 3. The van der Waals surface area contributed by atoms with Crippen molar-refractivity contribution < 1.29 is 28.6 Å². The van der Waals surface area contributed by atoms with Crippen LogP contribution >= 0.6 is 0 Å². The van der Waals surface area contributed by atoms with Crippen LogP contribution in [0.4, 0.5) is 0 Å². The summed E-state index contributed by atoms with van der Waals surface area (Å²) in [5.41, 5.74) is 5.12. The second-order valence-electron chi connectivity index (χ2n) is 7.27. The van der Waals surface area contributed by atoms with Gasteiger partial charge in [-0.15, -0.1) is 0 Å². The average molecular weight is 434 g/mol. The summed E-state index contributed by atoms with van der Waals surface area (Å²) in [5, 5.41) is 2.82.